The van der Waals surface area contributed by atoms with Crippen LogP contribution >= 0.6 is 0 Å². The van der Waals surface area contributed by atoms with E-state index in [0.29, 0.717) is 0 Å². The van der Waals surface area contributed by atoms with Crippen LogP contribution in [0.1, 0.15) is 44.9 Å². The lowest BCUT2D eigenvalue weighted by molar-refractivity contribution is -0.167. The second-order valence-electron chi connectivity index (χ2n) is 8.77. The van der Waals surface area contributed by atoms with Gasteiger partial charge in [0.2, 0.25) is 11.8 Å². The first-order chi connectivity index (χ1) is 19.8. The Bertz CT molecular complexity index is 1130. The molecule has 2 amide bonds. The quantitative estimate of drug-likeness (QED) is 0.0452. The smallest absolute Gasteiger partial charge is 0.331 e. The standard InChI is InChI=1S/C22H33N7O14/c23-8(1-3-13(28)30)19(36)42-21(38)12(27)7-17(34)41-18(35)9(24)2-4-15(32)40-16(33)6-11(26)22(39)43-20(37)10(25)5-14(29)31/h8-12H,1-7,23-27H2,(H2,28,30)(H2,29,31)/t8-,9-,10-,11-,12-/m0/s1. The fourth-order valence-electron chi connectivity index (χ4n) is 2.58. The van der Waals surface area contributed by atoms with E-state index in [0.717, 1.165) is 0 Å². The first-order valence-corrected chi connectivity index (χ1v) is 12.2. The average Bonchev–Trinajstić information content (AvgIpc) is 2.89. The van der Waals surface area contributed by atoms with Gasteiger partial charge in [-0.15, -0.1) is 0 Å². The number of hydrogen-bond acceptors (Lipinski definition) is 19. The fourth-order valence-corrected chi connectivity index (χ4v) is 2.58. The predicted octanol–water partition coefficient (Wildman–Crippen LogP) is -6.40. The lowest BCUT2D eigenvalue weighted by Crippen LogP contribution is -2.42. The molecule has 0 rings (SSSR count). The number of amides is 2. The Kier molecular flexibility index (Phi) is 16.6. The summed E-state index contributed by atoms with van der Waals surface area (Å²) in [5, 5.41) is 0. The number of esters is 8. The minimum Gasteiger partial charge on any atom is -0.393 e. The lowest BCUT2D eigenvalue weighted by atomic mass is 10.1. The predicted molar refractivity (Wildman–Crippen MR) is 135 cm³/mol. The van der Waals surface area contributed by atoms with Gasteiger partial charge in [0.25, 0.3) is 0 Å². The first kappa shape index (κ1) is 38.3. The van der Waals surface area contributed by atoms with Crippen LogP contribution in [0.15, 0.2) is 0 Å². The van der Waals surface area contributed by atoms with Gasteiger partial charge in [0, 0.05) is 12.8 Å². The van der Waals surface area contributed by atoms with E-state index in [2.05, 4.69) is 18.9 Å². The van der Waals surface area contributed by atoms with Crippen molar-refractivity contribution in [2.24, 2.45) is 40.1 Å². The van der Waals surface area contributed by atoms with Crippen molar-refractivity contribution >= 4 is 59.6 Å². The molecule has 21 heteroatoms. The van der Waals surface area contributed by atoms with E-state index in [4.69, 9.17) is 40.1 Å². The lowest BCUT2D eigenvalue weighted by Gasteiger charge is -2.14. The highest BCUT2D eigenvalue weighted by Crippen LogP contribution is 2.05. The molecular weight excluding hydrogens is 586 g/mol. The Morgan fingerprint density at radius 2 is 0.744 bits per heavy atom. The summed E-state index contributed by atoms with van der Waals surface area (Å²) in [7, 11) is 0. The van der Waals surface area contributed by atoms with Gasteiger partial charge in [0.05, 0.1) is 19.3 Å². The molecule has 0 radical (unpaired) electrons. The highest BCUT2D eigenvalue weighted by atomic mass is 16.6. The van der Waals surface area contributed by atoms with Crippen molar-refractivity contribution in [3.63, 3.8) is 0 Å². The van der Waals surface area contributed by atoms with Crippen LogP contribution in [-0.2, 0) is 66.9 Å². The molecule has 0 heterocycles. The monoisotopic (exact) mass is 619 g/mol. The summed E-state index contributed by atoms with van der Waals surface area (Å²) in [6.07, 6.45) is -4.09. The van der Waals surface area contributed by atoms with E-state index in [9.17, 15) is 47.9 Å². The van der Waals surface area contributed by atoms with Gasteiger partial charge in [0.1, 0.15) is 30.2 Å². The number of primary amides is 2. The molecular formula is C22H33N7O14. The summed E-state index contributed by atoms with van der Waals surface area (Å²) in [5.41, 5.74) is 36.9. The van der Waals surface area contributed by atoms with Crippen molar-refractivity contribution in [1.82, 2.24) is 0 Å². The molecule has 0 aromatic rings. The van der Waals surface area contributed by atoms with Gasteiger partial charge in [-0.05, 0) is 12.8 Å². The van der Waals surface area contributed by atoms with Crippen LogP contribution in [0.5, 0.6) is 0 Å². The Morgan fingerprint density at radius 3 is 1.16 bits per heavy atom. The molecule has 0 spiro atoms. The molecule has 0 unspecified atom stereocenters. The van der Waals surface area contributed by atoms with Gasteiger partial charge < -0.3 is 59.1 Å². The molecule has 0 bridgehead atoms. The first-order valence-electron chi connectivity index (χ1n) is 12.2. The molecule has 0 saturated carbocycles. The molecule has 240 valence electrons. The Hall–Kier alpha value is -4.70. The molecule has 43 heavy (non-hydrogen) atoms. The highest BCUT2D eigenvalue weighted by molar-refractivity contribution is 5.96. The van der Waals surface area contributed by atoms with Gasteiger partial charge in [-0.1, -0.05) is 0 Å². The van der Waals surface area contributed by atoms with E-state index in [1.54, 1.807) is 0 Å². The van der Waals surface area contributed by atoms with Crippen molar-refractivity contribution in [2.75, 3.05) is 0 Å². The number of hydrogen-bond donors (Lipinski definition) is 7. The normalized spacial score (nSPS) is 14.1. The van der Waals surface area contributed by atoms with Gasteiger partial charge in [0.15, 0.2) is 0 Å². The molecule has 14 N–H and O–H groups in total. The molecule has 0 aliphatic carbocycles. The summed E-state index contributed by atoms with van der Waals surface area (Å²) in [5.74, 6) is -12.3. The summed E-state index contributed by atoms with van der Waals surface area (Å²) >= 11 is 0. The van der Waals surface area contributed by atoms with Crippen LogP contribution in [-0.4, -0.2) is 89.8 Å². The molecule has 0 aliphatic heterocycles. The van der Waals surface area contributed by atoms with Crippen molar-refractivity contribution < 1.29 is 66.9 Å². The summed E-state index contributed by atoms with van der Waals surface area (Å²) < 4.78 is 17.5. The highest BCUT2D eigenvalue weighted by Gasteiger charge is 2.29. The zero-order valence-electron chi connectivity index (χ0n) is 22.6. The third-order valence-electron chi connectivity index (χ3n) is 4.91. The zero-order valence-corrected chi connectivity index (χ0v) is 22.6. The van der Waals surface area contributed by atoms with E-state index in [1.807, 2.05) is 0 Å². The van der Waals surface area contributed by atoms with Crippen molar-refractivity contribution in [3.8, 4) is 0 Å². The molecule has 0 aromatic heterocycles. The molecule has 21 nitrogen and oxygen atoms in total. The maximum Gasteiger partial charge on any atom is 0.331 e. The van der Waals surface area contributed by atoms with E-state index in [1.165, 1.54) is 0 Å². The van der Waals surface area contributed by atoms with Crippen molar-refractivity contribution in [1.29, 1.82) is 0 Å². The summed E-state index contributed by atoms with van der Waals surface area (Å²) in [6.45, 7) is 0. The van der Waals surface area contributed by atoms with Crippen LogP contribution in [0.4, 0.5) is 0 Å². The van der Waals surface area contributed by atoms with Gasteiger partial charge in [-0.25, -0.2) is 24.0 Å². The number of carbonyl (C=O) groups is 10. The van der Waals surface area contributed by atoms with Gasteiger partial charge in [-0.3, -0.25) is 24.0 Å². The largest absolute Gasteiger partial charge is 0.393 e. The third kappa shape index (κ3) is 16.4. The Labute approximate surface area is 242 Å². The van der Waals surface area contributed by atoms with Crippen LogP contribution in [0.25, 0.3) is 0 Å². The number of ether oxygens (including phenoxy) is 4. The van der Waals surface area contributed by atoms with Crippen LogP contribution < -0.4 is 40.1 Å². The number of carbonyl (C=O) groups excluding carboxylic acids is 10. The summed E-state index contributed by atoms with van der Waals surface area (Å²) in [4.78, 5) is 116. The van der Waals surface area contributed by atoms with Crippen LogP contribution in [0.3, 0.4) is 0 Å². The SMILES string of the molecule is NC(=O)CC[C@H](N)C(=O)OC(=O)[C@@H](N)CC(=O)OC(=O)[C@@H](N)CCC(=O)OC(=O)C[C@H](N)C(=O)OC(=O)[C@@H](N)CC(N)=O. The second kappa shape index (κ2) is 18.7. The van der Waals surface area contributed by atoms with Crippen molar-refractivity contribution in [3.05, 3.63) is 0 Å². The third-order valence-corrected chi connectivity index (χ3v) is 4.91. The number of nitrogens with two attached hydrogens (primary N) is 7. The van der Waals surface area contributed by atoms with Gasteiger partial charge in [-0.2, -0.15) is 0 Å². The topological polar surface area (TPSA) is 390 Å². The number of rotatable bonds is 17. The van der Waals surface area contributed by atoms with Gasteiger partial charge >= 0.3 is 47.8 Å². The van der Waals surface area contributed by atoms with E-state index < -0.39 is 122 Å². The summed E-state index contributed by atoms with van der Waals surface area (Å²) in [6, 6.07) is -8.02. The van der Waals surface area contributed by atoms with E-state index >= 15 is 0 Å². The Balaban J connectivity index is 4.53. The molecule has 5 atom stereocenters. The molecule has 0 aromatic carbocycles. The minimum atomic E-state index is -1.76. The maximum atomic E-state index is 12.0. The van der Waals surface area contributed by atoms with Crippen LogP contribution in [0.2, 0.25) is 0 Å². The second-order valence-corrected chi connectivity index (χ2v) is 8.77. The van der Waals surface area contributed by atoms with Crippen LogP contribution in [0, 0.1) is 0 Å². The average molecular weight is 620 g/mol. The fraction of sp³-hybridized carbons (Fsp3) is 0.545. The molecule has 0 aliphatic rings. The Morgan fingerprint density at radius 1 is 0.395 bits per heavy atom. The zero-order chi connectivity index (χ0) is 33.4. The molecule has 0 fully saturated rings. The molecule has 0 saturated heterocycles. The minimum absolute atomic E-state index is 0.215. The maximum absolute atomic E-state index is 12.0. The van der Waals surface area contributed by atoms with Crippen molar-refractivity contribution in [2.45, 2.75) is 75.2 Å². The van der Waals surface area contributed by atoms with E-state index in [-0.39, 0.29) is 12.8 Å².